The molecule has 1 aromatic carbocycles. The second-order valence-corrected chi connectivity index (χ2v) is 7.44. The maximum atomic E-state index is 11.4. The van der Waals surface area contributed by atoms with E-state index in [4.69, 9.17) is 14.2 Å². The lowest BCUT2D eigenvalue weighted by Crippen LogP contribution is -2.57. The van der Waals surface area contributed by atoms with E-state index in [-0.39, 0.29) is 6.10 Å². The summed E-state index contributed by atoms with van der Waals surface area (Å²) in [6, 6.07) is 4.82. The molecule has 2 heterocycles. The highest BCUT2D eigenvalue weighted by molar-refractivity contribution is 5.72. The number of quaternary nitrogens is 1. The second kappa shape index (κ2) is 6.84. The first-order valence-electron chi connectivity index (χ1n) is 8.83. The molecule has 0 radical (unpaired) electrons. The van der Waals surface area contributed by atoms with E-state index in [9.17, 15) is 9.90 Å². The molecule has 2 aliphatic rings. The van der Waals surface area contributed by atoms with Crippen molar-refractivity contribution in [3.63, 3.8) is 0 Å². The number of aliphatic hydroxyl groups is 1. The maximum absolute atomic E-state index is 11.4. The van der Waals surface area contributed by atoms with Gasteiger partial charge in [-0.25, -0.2) is 0 Å². The van der Waals surface area contributed by atoms with Crippen LogP contribution in [0.15, 0.2) is 12.1 Å². The number of carbonyl (C=O) groups is 1. The van der Waals surface area contributed by atoms with E-state index in [2.05, 4.69) is 7.05 Å². The topological polar surface area (TPSA) is 65.0 Å². The first-order valence-corrected chi connectivity index (χ1v) is 8.83. The van der Waals surface area contributed by atoms with E-state index in [0.29, 0.717) is 29.3 Å². The van der Waals surface area contributed by atoms with Crippen LogP contribution in [0.25, 0.3) is 0 Å². The van der Waals surface area contributed by atoms with Crippen molar-refractivity contribution in [3.8, 4) is 17.2 Å². The van der Waals surface area contributed by atoms with Gasteiger partial charge in [0.05, 0.1) is 39.5 Å². The number of carbonyl (C=O) groups excluding carboxylic acids is 1. The average molecular weight is 350 g/mol. The summed E-state index contributed by atoms with van der Waals surface area (Å²) in [5, 5.41) is 10.1. The molecule has 2 aliphatic heterocycles. The molecule has 2 bridgehead atoms. The number of methoxy groups -OCH3 is 2. The zero-order valence-electron chi connectivity index (χ0n) is 15.4. The largest absolute Gasteiger partial charge is 0.493 e. The third kappa shape index (κ3) is 3.33. The Morgan fingerprint density at radius 3 is 2.12 bits per heavy atom. The highest BCUT2D eigenvalue weighted by Gasteiger charge is 2.51. The van der Waals surface area contributed by atoms with E-state index in [1.165, 1.54) is 6.92 Å². The van der Waals surface area contributed by atoms with E-state index in [1.807, 2.05) is 12.1 Å². The molecule has 6 nitrogen and oxygen atoms in total. The number of nitrogens with zero attached hydrogens (tertiary/aromatic N) is 1. The van der Waals surface area contributed by atoms with Gasteiger partial charge < -0.3 is 23.8 Å². The Morgan fingerprint density at radius 2 is 1.68 bits per heavy atom. The number of hydrogen-bond donors (Lipinski definition) is 1. The molecule has 0 aromatic heterocycles. The highest BCUT2D eigenvalue weighted by atomic mass is 16.6. The van der Waals surface area contributed by atoms with Crippen LogP contribution in [-0.4, -0.2) is 55.0 Å². The number of hydrogen-bond acceptors (Lipinski definition) is 5. The Morgan fingerprint density at radius 1 is 1.16 bits per heavy atom. The molecule has 0 saturated carbocycles. The summed E-state index contributed by atoms with van der Waals surface area (Å²) in [4.78, 5) is 11.4. The van der Waals surface area contributed by atoms with Crippen molar-refractivity contribution in [2.24, 2.45) is 0 Å². The fourth-order valence-corrected chi connectivity index (χ4v) is 4.64. The number of fused-ring (bicyclic) bond motifs is 2. The van der Waals surface area contributed by atoms with Crippen molar-refractivity contribution in [1.29, 1.82) is 0 Å². The molecule has 25 heavy (non-hydrogen) atoms. The van der Waals surface area contributed by atoms with Crippen LogP contribution >= 0.6 is 0 Å². The summed E-state index contributed by atoms with van der Waals surface area (Å²) in [6.45, 7) is 2.20. The van der Waals surface area contributed by atoms with Crippen molar-refractivity contribution in [1.82, 2.24) is 0 Å². The Hall–Kier alpha value is -1.79. The standard InChI is InChI=1S/C19H28NO5/c1-12(21)25-19-17(23-3)7-13(8-18(19)24-4)11-20(2)14-5-6-15(20)10-16(22)9-14/h7-8,14-16,22H,5-6,9-11H2,1-4H3/q+1. The Labute approximate surface area is 148 Å². The molecule has 0 aliphatic carbocycles. The van der Waals surface area contributed by atoms with E-state index >= 15 is 0 Å². The molecule has 2 saturated heterocycles. The van der Waals surface area contributed by atoms with Gasteiger partial charge in [-0.3, -0.25) is 4.79 Å². The van der Waals surface area contributed by atoms with Crippen LogP contribution in [-0.2, 0) is 11.3 Å². The lowest BCUT2D eigenvalue weighted by molar-refractivity contribution is -0.961. The number of rotatable bonds is 5. The minimum Gasteiger partial charge on any atom is -0.493 e. The van der Waals surface area contributed by atoms with Crippen LogP contribution < -0.4 is 14.2 Å². The van der Waals surface area contributed by atoms with Crippen LogP contribution in [0.2, 0.25) is 0 Å². The molecule has 138 valence electrons. The van der Waals surface area contributed by atoms with Crippen molar-refractivity contribution < 1.29 is 28.6 Å². The fourth-order valence-electron chi connectivity index (χ4n) is 4.64. The highest BCUT2D eigenvalue weighted by Crippen LogP contribution is 2.45. The lowest BCUT2D eigenvalue weighted by Gasteiger charge is -2.46. The van der Waals surface area contributed by atoms with E-state index < -0.39 is 5.97 Å². The summed E-state index contributed by atoms with van der Waals surface area (Å²) in [6.07, 6.45) is 3.90. The number of benzene rings is 1. The molecule has 0 amide bonds. The average Bonchev–Trinajstić information content (AvgIpc) is 2.73. The lowest BCUT2D eigenvalue weighted by atomic mass is 9.95. The molecule has 1 aromatic rings. The van der Waals surface area contributed by atoms with E-state index in [1.54, 1.807) is 14.2 Å². The van der Waals surface area contributed by atoms with Gasteiger partial charge in [0.25, 0.3) is 0 Å². The normalized spacial score (nSPS) is 30.8. The molecule has 2 unspecified atom stereocenters. The minimum absolute atomic E-state index is 0.167. The molecular weight excluding hydrogens is 322 g/mol. The van der Waals surface area contributed by atoms with Crippen LogP contribution in [0.5, 0.6) is 17.2 Å². The summed E-state index contributed by atoms with van der Waals surface area (Å²) in [7, 11) is 5.40. The SMILES string of the molecule is COc1cc(C[N+]2(C)C3CCC2CC(O)C3)cc(OC)c1OC(C)=O. The predicted octanol–water partition coefficient (Wildman–Crippen LogP) is 2.26. The van der Waals surface area contributed by atoms with Crippen molar-refractivity contribution in [2.45, 2.75) is 57.3 Å². The van der Waals surface area contributed by atoms with Crippen molar-refractivity contribution in [3.05, 3.63) is 17.7 Å². The minimum atomic E-state index is -0.411. The van der Waals surface area contributed by atoms with Crippen LogP contribution in [0, 0.1) is 0 Å². The first kappa shape index (κ1) is 18.0. The van der Waals surface area contributed by atoms with Crippen LogP contribution in [0.3, 0.4) is 0 Å². The smallest absolute Gasteiger partial charge is 0.308 e. The van der Waals surface area contributed by atoms with Crippen molar-refractivity contribution >= 4 is 5.97 Å². The molecule has 6 heteroatoms. The molecular formula is C19H28NO5+. The van der Waals surface area contributed by atoms with Gasteiger partial charge in [0.1, 0.15) is 6.54 Å². The van der Waals surface area contributed by atoms with Crippen LogP contribution in [0.4, 0.5) is 0 Å². The Balaban J connectivity index is 1.92. The van der Waals surface area contributed by atoms with Gasteiger partial charge in [0.2, 0.25) is 5.75 Å². The van der Waals surface area contributed by atoms with Gasteiger partial charge in [-0.2, -0.15) is 0 Å². The van der Waals surface area contributed by atoms with Gasteiger partial charge in [-0.05, 0) is 12.1 Å². The number of aliphatic hydroxyl groups excluding tert-OH is 1. The third-order valence-electron chi connectivity index (χ3n) is 5.88. The summed E-state index contributed by atoms with van der Waals surface area (Å²) in [5.74, 6) is 0.911. The van der Waals surface area contributed by atoms with E-state index in [0.717, 1.165) is 42.3 Å². The van der Waals surface area contributed by atoms with Gasteiger partial charge in [0.15, 0.2) is 11.5 Å². The summed E-state index contributed by atoms with van der Waals surface area (Å²) >= 11 is 0. The quantitative estimate of drug-likeness (QED) is 0.501. The zero-order chi connectivity index (χ0) is 18.2. The third-order valence-corrected chi connectivity index (χ3v) is 5.88. The first-order chi connectivity index (χ1) is 11.9. The van der Waals surface area contributed by atoms with Gasteiger partial charge in [0, 0.05) is 38.2 Å². The predicted molar refractivity (Wildman–Crippen MR) is 92.8 cm³/mol. The molecule has 1 N–H and O–H groups in total. The fraction of sp³-hybridized carbons (Fsp3) is 0.632. The molecule has 2 fully saturated rings. The van der Waals surface area contributed by atoms with Gasteiger partial charge in [-0.15, -0.1) is 0 Å². The number of piperidine rings is 1. The Kier molecular flexibility index (Phi) is 4.93. The molecule has 0 spiro atoms. The van der Waals surface area contributed by atoms with Gasteiger partial charge >= 0.3 is 5.97 Å². The Bertz CT molecular complexity index is 620. The molecule has 3 rings (SSSR count). The zero-order valence-corrected chi connectivity index (χ0v) is 15.4. The summed E-state index contributed by atoms with van der Waals surface area (Å²) in [5.41, 5.74) is 1.08. The van der Waals surface area contributed by atoms with Crippen molar-refractivity contribution in [2.75, 3.05) is 21.3 Å². The number of esters is 1. The van der Waals surface area contributed by atoms with Gasteiger partial charge in [-0.1, -0.05) is 0 Å². The molecule has 2 atom stereocenters. The monoisotopic (exact) mass is 350 g/mol. The number of ether oxygens (including phenoxy) is 3. The second-order valence-electron chi connectivity index (χ2n) is 7.44. The summed E-state index contributed by atoms with van der Waals surface area (Å²) < 4.78 is 17.1. The van der Waals surface area contributed by atoms with Crippen LogP contribution in [0.1, 0.15) is 38.2 Å². The maximum Gasteiger partial charge on any atom is 0.308 e.